The van der Waals surface area contributed by atoms with Gasteiger partial charge in [0.15, 0.2) is 23.5 Å². The smallest absolute Gasteiger partial charge is 0.388 e. The zero-order valence-electron chi connectivity index (χ0n) is 11.6. The molecule has 0 radical (unpaired) electrons. The topological polar surface area (TPSA) is 68.2 Å². The largest absolute Gasteiger partial charge is 0.449 e. The highest BCUT2D eigenvalue weighted by Crippen LogP contribution is 2.38. The molecule has 0 unspecified atom stereocenters. The first kappa shape index (κ1) is 14.7. The Kier molecular flexibility index (Phi) is 3.94. The van der Waals surface area contributed by atoms with Crippen molar-refractivity contribution in [1.82, 2.24) is 4.98 Å². The molecule has 0 bridgehead atoms. The fraction of sp³-hybridized carbons (Fsp3) is 0.267. The molecule has 1 saturated carbocycles. The van der Waals surface area contributed by atoms with Crippen LogP contribution in [0.4, 0.5) is 10.2 Å². The van der Waals surface area contributed by atoms with Crippen molar-refractivity contribution in [3.63, 3.8) is 0 Å². The summed E-state index contributed by atoms with van der Waals surface area (Å²) in [5, 5.41) is 0.186. The molecule has 2 aromatic rings. The minimum atomic E-state index is -0.451. The third kappa shape index (κ3) is 3.17. The fourth-order valence-corrected chi connectivity index (χ4v) is 2.32. The molecule has 0 saturated heterocycles. The van der Waals surface area contributed by atoms with Crippen LogP contribution in [-0.4, -0.2) is 9.85 Å². The summed E-state index contributed by atoms with van der Waals surface area (Å²) in [6.07, 6.45) is 4.24. The van der Waals surface area contributed by atoms with E-state index in [0.717, 1.165) is 12.8 Å². The van der Waals surface area contributed by atoms with Gasteiger partial charge in [-0.1, -0.05) is 17.7 Å². The Morgan fingerprint density at radius 2 is 2.14 bits per heavy atom. The number of nitrogens with zero attached hydrogens (tertiary/aromatic N) is 2. The van der Waals surface area contributed by atoms with Crippen molar-refractivity contribution in [2.24, 2.45) is 11.8 Å². The van der Waals surface area contributed by atoms with Crippen LogP contribution >= 0.6 is 11.6 Å². The van der Waals surface area contributed by atoms with Crippen molar-refractivity contribution in [1.29, 1.82) is 0 Å². The minimum Gasteiger partial charge on any atom is -0.449 e. The van der Waals surface area contributed by atoms with E-state index in [1.165, 1.54) is 18.3 Å². The number of hydrazine groups is 1. The molecule has 7 heteroatoms. The quantitative estimate of drug-likeness (QED) is 0.515. The molecule has 5 nitrogen and oxygen atoms in total. The van der Waals surface area contributed by atoms with Crippen LogP contribution in [0.15, 0.2) is 30.5 Å². The van der Waals surface area contributed by atoms with Crippen molar-refractivity contribution in [3.8, 4) is 11.5 Å². The molecular weight excluding hydrogens is 309 g/mol. The van der Waals surface area contributed by atoms with Gasteiger partial charge in [-0.25, -0.2) is 10.2 Å². The molecule has 1 aromatic carbocycles. The number of hydrogen-bond acceptors (Lipinski definition) is 3. The first-order valence-electron chi connectivity index (χ1n) is 6.87. The summed E-state index contributed by atoms with van der Waals surface area (Å²) in [5.74, 6) is 5.41. The van der Waals surface area contributed by atoms with E-state index in [2.05, 4.69) is 4.98 Å². The molecule has 114 valence electrons. The highest BCUT2D eigenvalue weighted by Gasteiger charge is 2.25. The Morgan fingerprint density at radius 3 is 2.73 bits per heavy atom. The number of ether oxygens (including phenoxy) is 1. The third-order valence-electron chi connectivity index (χ3n) is 3.50. The van der Waals surface area contributed by atoms with E-state index in [4.69, 9.17) is 22.2 Å². The molecule has 3 rings (SSSR count). The zero-order chi connectivity index (χ0) is 15.7. The molecule has 1 aliphatic rings. The molecular formula is C15H14ClFN3O2+. The van der Waals surface area contributed by atoms with Crippen molar-refractivity contribution in [2.75, 3.05) is 0 Å². The average molecular weight is 323 g/mol. The minimum absolute atomic E-state index is 0.0268. The summed E-state index contributed by atoms with van der Waals surface area (Å²) >= 11 is 6.02. The summed E-state index contributed by atoms with van der Waals surface area (Å²) in [6, 6.07) is 6.16. The third-order valence-corrected chi connectivity index (χ3v) is 3.80. The second-order valence-electron chi connectivity index (χ2n) is 5.28. The molecule has 1 heterocycles. The number of benzene rings is 1. The molecule has 0 amide bonds. The van der Waals surface area contributed by atoms with Gasteiger partial charge in [-0.3, -0.25) is 0 Å². The van der Waals surface area contributed by atoms with Crippen LogP contribution in [-0.2, 0) is 6.42 Å². The highest BCUT2D eigenvalue weighted by molar-refractivity contribution is 6.32. The van der Waals surface area contributed by atoms with Gasteiger partial charge in [0.2, 0.25) is 0 Å². The van der Waals surface area contributed by atoms with E-state index in [1.807, 2.05) is 0 Å². The van der Waals surface area contributed by atoms with Crippen molar-refractivity contribution < 1.29 is 14.0 Å². The van der Waals surface area contributed by atoms with Crippen LogP contribution in [0.3, 0.4) is 0 Å². The number of halogens is 2. The maximum Gasteiger partial charge on any atom is 0.388 e. The lowest BCUT2D eigenvalue weighted by Gasteiger charge is -2.10. The highest BCUT2D eigenvalue weighted by atomic mass is 35.5. The monoisotopic (exact) mass is 322 g/mol. The molecule has 1 fully saturated rings. The summed E-state index contributed by atoms with van der Waals surface area (Å²) in [5.41, 5.74) is 0.596. The van der Waals surface area contributed by atoms with Crippen LogP contribution in [0.1, 0.15) is 18.4 Å². The van der Waals surface area contributed by atoms with Crippen LogP contribution < -0.4 is 10.6 Å². The van der Waals surface area contributed by atoms with Crippen molar-refractivity contribution in [2.45, 2.75) is 19.3 Å². The number of aromatic nitrogens is 1. The van der Waals surface area contributed by atoms with E-state index >= 15 is 0 Å². The van der Waals surface area contributed by atoms with Gasteiger partial charge < -0.3 is 4.74 Å². The van der Waals surface area contributed by atoms with Crippen LogP contribution in [0.5, 0.6) is 11.5 Å². The van der Waals surface area contributed by atoms with Gasteiger partial charge in [0, 0.05) is 6.07 Å². The molecule has 0 aliphatic heterocycles. The summed E-state index contributed by atoms with van der Waals surface area (Å²) in [7, 11) is 0. The van der Waals surface area contributed by atoms with Crippen LogP contribution in [0.2, 0.25) is 5.02 Å². The Morgan fingerprint density at radius 1 is 1.36 bits per heavy atom. The van der Waals surface area contributed by atoms with Crippen LogP contribution in [0.25, 0.3) is 0 Å². The first-order chi connectivity index (χ1) is 10.5. The van der Waals surface area contributed by atoms with E-state index in [1.54, 1.807) is 12.1 Å². The van der Waals surface area contributed by atoms with Gasteiger partial charge >= 0.3 is 5.82 Å². The molecule has 2 N–H and O–H groups in total. The maximum absolute atomic E-state index is 14.5. The van der Waals surface area contributed by atoms with Crippen molar-refractivity contribution in [3.05, 3.63) is 51.8 Å². The maximum atomic E-state index is 14.5. The lowest BCUT2D eigenvalue weighted by Crippen LogP contribution is -2.10. The summed E-state index contributed by atoms with van der Waals surface area (Å²) < 4.78 is 20.0. The second-order valence-corrected chi connectivity index (χ2v) is 5.68. The Labute approximate surface area is 131 Å². The van der Waals surface area contributed by atoms with Gasteiger partial charge in [-0.05, 0) is 52.8 Å². The van der Waals surface area contributed by atoms with Gasteiger partial charge in [0.05, 0.1) is 9.89 Å². The van der Waals surface area contributed by atoms with Gasteiger partial charge in [0.1, 0.15) is 0 Å². The Bertz CT molecular complexity index is 717. The molecule has 22 heavy (non-hydrogen) atoms. The predicted octanol–water partition coefficient (Wildman–Crippen LogP) is 3.90. The molecule has 1 aliphatic carbocycles. The first-order valence-corrected chi connectivity index (χ1v) is 7.25. The Hall–Kier alpha value is -2.21. The normalized spacial score (nSPS) is 13.9. The SMILES string of the molecule is N[N+](=O)c1ccc(Oc2c(Cl)ccc(CC3CC3)c2F)cn1. The predicted molar refractivity (Wildman–Crippen MR) is 79.6 cm³/mol. The lowest BCUT2D eigenvalue weighted by atomic mass is 10.1. The van der Waals surface area contributed by atoms with E-state index in [0.29, 0.717) is 17.9 Å². The fourth-order valence-electron chi connectivity index (χ4n) is 2.14. The van der Waals surface area contributed by atoms with Gasteiger partial charge in [0.25, 0.3) is 0 Å². The Balaban J connectivity index is 1.85. The zero-order valence-corrected chi connectivity index (χ0v) is 12.4. The van der Waals surface area contributed by atoms with Gasteiger partial charge in [-0.2, -0.15) is 0 Å². The van der Waals surface area contributed by atoms with E-state index < -0.39 is 5.82 Å². The number of pyridine rings is 1. The summed E-state index contributed by atoms with van der Waals surface area (Å²) in [4.78, 5) is 14.8. The number of hydrogen-bond donors (Lipinski definition) is 1. The van der Waals surface area contributed by atoms with E-state index in [9.17, 15) is 9.30 Å². The van der Waals surface area contributed by atoms with E-state index in [-0.39, 0.29) is 27.2 Å². The number of nitroso groups, excluding NO2 is 1. The number of rotatable bonds is 5. The van der Waals surface area contributed by atoms with Crippen LogP contribution in [0, 0.1) is 16.6 Å². The molecule has 1 aromatic heterocycles. The molecule has 0 atom stereocenters. The number of nitrogens with two attached hydrogens (primary N) is 1. The average Bonchev–Trinajstić information content (AvgIpc) is 3.31. The van der Waals surface area contributed by atoms with Crippen molar-refractivity contribution >= 4 is 17.4 Å². The van der Waals surface area contributed by atoms with Gasteiger partial charge in [-0.15, -0.1) is 0 Å². The summed E-state index contributed by atoms with van der Waals surface area (Å²) in [6.45, 7) is 0. The molecule has 0 spiro atoms. The standard InChI is InChI=1S/C15H14ClFN3O2/c16-12-5-3-10(7-9-1-2-9)14(17)15(12)22-11-4-6-13(19-8-11)20(18)21/h3-6,8-9H,1-2,7H2,(H2,18,21)/q+1. The lowest BCUT2D eigenvalue weighted by molar-refractivity contribution is -0.478. The second kappa shape index (κ2) is 5.88.